The highest BCUT2D eigenvalue weighted by molar-refractivity contribution is 6.30. The highest BCUT2D eigenvalue weighted by Gasteiger charge is 2.23. The molecule has 6 heteroatoms. The fourth-order valence-electron chi connectivity index (χ4n) is 1.51. The topological polar surface area (TPSA) is 72.2 Å². The van der Waals surface area contributed by atoms with E-state index in [4.69, 9.17) is 16.7 Å². The van der Waals surface area contributed by atoms with Gasteiger partial charge in [0.2, 0.25) is 0 Å². The van der Waals surface area contributed by atoms with Crippen LogP contribution in [0.15, 0.2) is 10.9 Å². The van der Waals surface area contributed by atoms with Crippen LogP contribution in [0.1, 0.15) is 31.9 Å². The number of halogens is 1. The Morgan fingerprint density at radius 3 is 2.65 bits per heavy atom. The molecule has 17 heavy (non-hydrogen) atoms. The van der Waals surface area contributed by atoms with Crippen LogP contribution in [-0.4, -0.2) is 20.9 Å². The molecule has 1 aromatic heterocycles. The Bertz CT molecular complexity index is 482. The minimum Gasteiger partial charge on any atom is -0.480 e. The van der Waals surface area contributed by atoms with E-state index in [1.54, 1.807) is 6.92 Å². The van der Waals surface area contributed by atoms with Crippen LogP contribution in [0.25, 0.3) is 0 Å². The molecule has 0 bridgehead atoms. The molecular formula is C11H15ClN2O3. The number of nitrogens with zero attached hydrogens (tertiary/aromatic N) is 2. The van der Waals surface area contributed by atoms with Crippen LogP contribution < -0.4 is 5.56 Å². The zero-order valence-electron chi connectivity index (χ0n) is 9.98. The first-order valence-electron chi connectivity index (χ1n) is 5.31. The second-order valence-electron chi connectivity index (χ2n) is 4.38. The van der Waals surface area contributed by atoms with E-state index in [1.165, 1.54) is 6.07 Å². The van der Waals surface area contributed by atoms with E-state index >= 15 is 0 Å². The largest absolute Gasteiger partial charge is 0.480 e. The molecule has 0 spiro atoms. The van der Waals surface area contributed by atoms with Crippen LogP contribution in [0, 0.1) is 12.8 Å². The molecule has 1 rings (SSSR count). The van der Waals surface area contributed by atoms with Crippen molar-refractivity contribution in [1.82, 2.24) is 9.78 Å². The first-order chi connectivity index (χ1) is 7.82. The highest BCUT2D eigenvalue weighted by Crippen LogP contribution is 2.17. The van der Waals surface area contributed by atoms with E-state index in [-0.39, 0.29) is 11.1 Å². The summed E-state index contributed by atoms with van der Waals surface area (Å²) in [5, 5.41) is 13.1. The quantitative estimate of drug-likeness (QED) is 0.895. The van der Waals surface area contributed by atoms with Crippen molar-refractivity contribution in [3.8, 4) is 0 Å². The van der Waals surface area contributed by atoms with E-state index in [1.807, 2.05) is 13.8 Å². The second-order valence-corrected chi connectivity index (χ2v) is 4.74. The van der Waals surface area contributed by atoms with Gasteiger partial charge in [-0.05, 0) is 24.8 Å². The van der Waals surface area contributed by atoms with E-state index in [0.717, 1.165) is 4.68 Å². The summed E-state index contributed by atoms with van der Waals surface area (Å²) in [6.07, 6.45) is 0.335. The van der Waals surface area contributed by atoms with Gasteiger partial charge in [0.05, 0.1) is 0 Å². The zero-order valence-corrected chi connectivity index (χ0v) is 10.7. The summed E-state index contributed by atoms with van der Waals surface area (Å²) in [5.41, 5.74) is 0.0987. The smallest absolute Gasteiger partial charge is 0.328 e. The molecule has 1 heterocycles. The fourth-order valence-corrected chi connectivity index (χ4v) is 1.64. The molecule has 0 aromatic carbocycles. The maximum absolute atomic E-state index is 11.7. The third-order valence-electron chi connectivity index (χ3n) is 2.36. The number of hydrogen-bond donors (Lipinski definition) is 1. The molecule has 5 nitrogen and oxygen atoms in total. The van der Waals surface area contributed by atoms with Crippen LogP contribution in [0.4, 0.5) is 0 Å². The summed E-state index contributed by atoms with van der Waals surface area (Å²) in [6, 6.07) is 0.326. The molecule has 0 saturated carbocycles. The number of carboxylic acids is 1. The maximum atomic E-state index is 11.7. The fraction of sp³-hybridized carbons (Fsp3) is 0.545. The Kier molecular flexibility index (Phi) is 4.28. The third-order valence-corrected chi connectivity index (χ3v) is 2.74. The van der Waals surface area contributed by atoms with Gasteiger partial charge in [0, 0.05) is 6.07 Å². The van der Waals surface area contributed by atoms with Crippen molar-refractivity contribution in [2.45, 2.75) is 33.2 Å². The lowest BCUT2D eigenvalue weighted by Gasteiger charge is -2.16. The first-order valence-corrected chi connectivity index (χ1v) is 5.69. The van der Waals surface area contributed by atoms with E-state index < -0.39 is 17.6 Å². The van der Waals surface area contributed by atoms with E-state index in [2.05, 4.69) is 5.10 Å². The summed E-state index contributed by atoms with van der Waals surface area (Å²) in [4.78, 5) is 22.8. The predicted octanol–water partition coefficient (Wildman–Crippen LogP) is 1.88. The van der Waals surface area contributed by atoms with Gasteiger partial charge in [0.1, 0.15) is 0 Å². The highest BCUT2D eigenvalue weighted by atomic mass is 35.5. The molecule has 94 valence electrons. The average molecular weight is 259 g/mol. The Hall–Kier alpha value is -1.36. The molecule has 0 aliphatic carbocycles. The number of rotatable bonds is 4. The SMILES string of the molecule is Cc1cc(=O)n(C(CC(C)C)C(=O)O)nc1Cl. The molecule has 1 aromatic rings. The lowest BCUT2D eigenvalue weighted by molar-refractivity contribution is -0.141. The van der Waals surface area contributed by atoms with Gasteiger partial charge in [-0.2, -0.15) is 5.10 Å². The van der Waals surface area contributed by atoms with E-state index in [9.17, 15) is 9.59 Å². The Labute approximate surface area is 104 Å². The second kappa shape index (κ2) is 5.31. The minimum atomic E-state index is -1.08. The Morgan fingerprint density at radius 2 is 2.18 bits per heavy atom. The summed E-state index contributed by atoms with van der Waals surface area (Å²) in [7, 11) is 0. The number of aromatic nitrogens is 2. The Balaban J connectivity index is 3.24. The number of carbonyl (C=O) groups is 1. The number of hydrogen-bond acceptors (Lipinski definition) is 3. The number of carboxylic acid groups (broad SMARTS) is 1. The Morgan fingerprint density at radius 1 is 1.59 bits per heavy atom. The summed E-state index contributed by atoms with van der Waals surface area (Å²) < 4.78 is 0.942. The number of aliphatic carboxylic acids is 1. The normalized spacial score (nSPS) is 12.8. The molecule has 0 aliphatic heterocycles. The van der Waals surface area contributed by atoms with Crippen LogP contribution in [0.5, 0.6) is 0 Å². The predicted molar refractivity (Wildman–Crippen MR) is 64.4 cm³/mol. The van der Waals surface area contributed by atoms with E-state index in [0.29, 0.717) is 12.0 Å². The van der Waals surface area contributed by atoms with Crippen LogP contribution in [0.2, 0.25) is 5.15 Å². The average Bonchev–Trinajstić information content (AvgIpc) is 2.20. The molecule has 1 atom stereocenters. The molecule has 0 saturated heterocycles. The number of aryl methyl sites for hydroxylation is 1. The van der Waals surface area contributed by atoms with Crippen molar-refractivity contribution >= 4 is 17.6 Å². The molecule has 1 unspecified atom stereocenters. The van der Waals surface area contributed by atoms with Gasteiger partial charge in [0.15, 0.2) is 11.2 Å². The van der Waals surface area contributed by atoms with Crippen LogP contribution in [0.3, 0.4) is 0 Å². The van der Waals surface area contributed by atoms with Gasteiger partial charge < -0.3 is 5.11 Å². The molecule has 0 radical (unpaired) electrons. The molecule has 0 amide bonds. The zero-order chi connectivity index (χ0) is 13.2. The van der Waals surface area contributed by atoms with Crippen molar-refractivity contribution in [3.63, 3.8) is 0 Å². The monoisotopic (exact) mass is 258 g/mol. The summed E-state index contributed by atoms with van der Waals surface area (Å²) in [6.45, 7) is 5.42. The minimum absolute atomic E-state index is 0.143. The lowest BCUT2D eigenvalue weighted by atomic mass is 10.0. The van der Waals surface area contributed by atoms with Crippen molar-refractivity contribution in [3.05, 3.63) is 27.1 Å². The van der Waals surface area contributed by atoms with Gasteiger partial charge in [-0.1, -0.05) is 25.4 Å². The maximum Gasteiger partial charge on any atom is 0.328 e. The summed E-state index contributed by atoms with van der Waals surface area (Å²) in [5.74, 6) is -0.932. The van der Waals surface area contributed by atoms with Gasteiger partial charge in [-0.25, -0.2) is 9.48 Å². The third kappa shape index (κ3) is 3.30. The standard InChI is InChI=1S/C11H15ClN2O3/c1-6(2)4-8(11(16)17)14-9(15)5-7(3)10(12)13-14/h5-6,8H,4H2,1-3H3,(H,16,17). The van der Waals surface area contributed by atoms with Gasteiger partial charge >= 0.3 is 5.97 Å². The molecular weight excluding hydrogens is 244 g/mol. The van der Waals surface area contributed by atoms with Gasteiger partial charge in [-0.15, -0.1) is 0 Å². The molecule has 0 fully saturated rings. The van der Waals surface area contributed by atoms with Crippen LogP contribution in [-0.2, 0) is 4.79 Å². The molecule has 0 aliphatic rings. The van der Waals surface area contributed by atoms with Crippen molar-refractivity contribution in [2.24, 2.45) is 5.92 Å². The lowest BCUT2D eigenvalue weighted by Crippen LogP contribution is -2.32. The van der Waals surface area contributed by atoms with Crippen molar-refractivity contribution < 1.29 is 9.90 Å². The first kappa shape index (κ1) is 13.7. The van der Waals surface area contributed by atoms with Gasteiger partial charge in [0.25, 0.3) is 5.56 Å². The van der Waals surface area contributed by atoms with Gasteiger partial charge in [-0.3, -0.25) is 4.79 Å². The molecule has 1 N–H and O–H groups in total. The van der Waals surface area contributed by atoms with Crippen molar-refractivity contribution in [2.75, 3.05) is 0 Å². The van der Waals surface area contributed by atoms with Crippen LogP contribution >= 0.6 is 11.6 Å². The summed E-state index contributed by atoms with van der Waals surface area (Å²) >= 11 is 5.81. The van der Waals surface area contributed by atoms with Crippen molar-refractivity contribution in [1.29, 1.82) is 0 Å².